The van der Waals surface area contributed by atoms with Crippen LogP contribution in [0.25, 0.3) is 0 Å². The molecule has 0 fully saturated rings. The van der Waals surface area contributed by atoms with Crippen LogP contribution in [0.5, 0.6) is 0 Å². The summed E-state index contributed by atoms with van der Waals surface area (Å²) in [7, 11) is 1.32. The van der Waals surface area contributed by atoms with Gasteiger partial charge >= 0.3 is 11.9 Å². The molecule has 0 aliphatic rings. The minimum absolute atomic E-state index is 0.0277. The first-order chi connectivity index (χ1) is 6.50. The molecule has 0 aromatic carbocycles. The van der Waals surface area contributed by atoms with Crippen LogP contribution in [0.15, 0.2) is 16.7 Å². The van der Waals surface area contributed by atoms with Crippen LogP contribution in [0.1, 0.15) is 11.3 Å². The molecule has 0 saturated carbocycles. The summed E-state index contributed by atoms with van der Waals surface area (Å²) in [6, 6.07) is 1.25. The highest BCUT2D eigenvalue weighted by Gasteiger charge is 2.46. The second-order valence-corrected chi connectivity index (χ2v) is 2.59. The van der Waals surface area contributed by atoms with E-state index in [4.69, 9.17) is 5.11 Å². The Labute approximate surface area is 78.1 Å². The van der Waals surface area contributed by atoms with Crippen molar-refractivity contribution in [1.29, 1.82) is 0 Å². The number of halogens is 2. The van der Waals surface area contributed by atoms with E-state index < -0.39 is 17.7 Å². The smallest absolute Gasteiger partial charge is 0.399 e. The van der Waals surface area contributed by atoms with Crippen molar-refractivity contribution in [1.82, 2.24) is 0 Å². The van der Waals surface area contributed by atoms with E-state index in [1.54, 1.807) is 0 Å². The summed E-state index contributed by atoms with van der Waals surface area (Å²) in [5.41, 5.74) is 0.0277. The lowest BCUT2D eigenvalue weighted by atomic mass is 10.1. The molecule has 1 N–H and O–H groups in total. The first-order valence-corrected chi connectivity index (χ1v) is 3.67. The molecule has 0 spiro atoms. The Kier molecular flexibility index (Phi) is 2.85. The average Bonchev–Trinajstić information content (AvgIpc) is 2.53. The topological polar surface area (TPSA) is 59.7 Å². The molecule has 6 heteroatoms. The number of methoxy groups -OCH3 is 1. The molecule has 0 aliphatic heterocycles. The summed E-state index contributed by atoms with van der Waals surface area (Å²) in [5.74, 6) is -7.14. The molecule has 0 aliphatic carbocycles. The van der Waals surface area contributed by atoms with Crippen LogP contribution >= 0.6 is 0 Å². The number of aliphatic carboxylic acids is 1. The number of carboxylic acid groups (broad SMARTS) is 1. The number of hydrogen-bond donors (Lipinski definition) is 1. The van der Waals surface area contributed by atoms with Gasteiger partial charge in [0.1, 0.15) is 0 Å². The molecule has 1 rings (SSSR count). The van der Waals surface area contributed by atoms with E-state index >= 15 is 0 Å². The Morgan fingerprint density at radius 2 is 2.36 bits per heavy atom. The normalized spacial score (nSPS) is 11.6. The molecular weight excluding hydrogens is 198 g/mol. The number of furan rings is 1. The minimum Gasteiger partial charge on any atom is -0.476 e. The first kappa shape index (κ1) is 10.6. The third-order valence-electron chi connectivity index (χ3n) is 1.60. The molecular formula is C8H8F2O4. The maximum absolute atomic E-state index is 12.9. The van der Waals surface area contributed by atoms with Crippen LogP contribution in [0.4, 0.5) is 8.78 Å². The molecule has 1 heterocycles. The number of ether oxygens (including phenoxy) is 1. The predicted octanol–water partition coefficient (Wildman–Crippen LogP) is 1.60. The van der Waals surface area contributed by atoms with Crippen LogP contribution in [-0.2, 0) is 22.1 Å². The lowest BCUT2D eigenvalue weighted by Gasteiger charge is -2.09. The van der Waals surface area contributed by atoms with E-state index in [9.17, 15) is 13.6 Å². The fourth-order valence-corrected chi connectivity index (χ4v) is 0.978. The van der Waals surface area contributed by atoms with Crippen molar-refractivity contribution in [3.63, 3.8) is 0 Å². The highest BCUT2D eigenvalue weighted by molar-refractivity contribution is 5.76. The van der Waals surface area contributed by atoms with E-state index in [1.807, 2.05) is 0 Å². The molecule has 14 heavy (non-hydrogen) atoms. The predicted molar refractivity (Wildman–Crippen MR) is 41.0 cm³/mol. The third kappa shape index (κ3) is 1.74. The van der Waals surface area contributed by atoms with Gasteiger partial charge in [0.25, 0.3) is 0 Å². The van der Waals surface area contributed by atoms with Crippen molar-refractivity contribution in [2.24, 2.45) is 0 Å². The van der Waals surface area contributed by atoms with Gasteiger partial charge in [0.15, 0.2) is 5.76 Å². The summed E-state index contributed by atoms with van der Waals surface area (Å²) in [4.78, 5) is 10.2. The number of alkyl halides is 2. The lowest BCUT2D eigenvalue weighted by Crippen LogP contribution is -2.26. The Balaban J connectivity index is 3.05. The van der Waals surface area contributed by atoms with Gasteiger partial charge in [-0.2, -0.15) is 8.78 Å². The first-order valence-electron chi connectivity index (χ1n) is 3.67. The average molecular weight is 206 g/mol. The van der Waals surface area contributed by atoms with Crippen molar-refractivity contribution in [2.75, 3.05) is 7.11 Å². The maximum Gasteiger partial charge on any atom is 0.399 e. The molecule has 1 aromatic rings. The molecule has 0 saturated heterocycles. The van der Waals surface area contributed by atoms with Crippen molar-refractivity contribution in [2.45, 2.75) is 12.5 Å². The van der Waals surface area contributed by atoms with Crippen molar-refractivity contribution < 1.29 is 27.8 Å². The van der Waals surface area contributed by atoms with E-state index in [-0.39, 0.29) is 12.2 Å². The van der Waals surface area contributed by atoms with E-state index in [2.05, 4.69) is 9.15 Å². The van der Waals surface area contributed by atoms with Crippen LogP contribution in [0.2, 0.25) is 0 Å². The largest absolute Gasteiger partial charge is 0.476 e. The van der Waals surface area contributed by atoms with Crippen molar-refractivity contribution in [3.8, 4) is 0 Å². The van der Waals surface area contributed by atoms with Crippen LogP contribution < -0.4 is 0 Å². The minimum atomic E-state index is -4.02. The van der Waals surface area contributed by atoms with Gasteiger partial charge in [-0.1, -0.05) is 0 Å². The highest BCUT2D eigenvalue weighted by Crippen LogP contribution is 2.31. The van der Waals surface area contributed by atoms with Crippen LogP contribution in [0, 0.1) is 0 Å². The van der Waals surface area contributed by atoms with Crippen LogP contribution in [0.3, 0.4) is 0 Å². The van der Waals surface area contributed by atoms with Gasteiger partial charge in [-0.15, -0.1) is 0 Å². The summed E-state index contributed by atoms with van der Waals surface area (Å²) < 4.78 is 34.9. The van der Waals surface area contributed by atoms with E-state index in [0.29, 0.717) is 0 Å². The van der Waals surface area contributed by atoms with Gasteiger partial charge in [0.05, 0.1) is 12.9 Å². The van der Waals surface area contributed by atoms with Gasteiger partial charge in [0, 0.05) is 12.7 Å². The quantitative estimate of drug-likeness (QED) is 0.812. The zero-order chi connectivity index (χ0) is 10.8. The maximum atomic E-state index is 12.9. The molecule has 4 nitrogen and oxygen atoms in total. The zero-order valence-electron chi connectivity index (χ0n) is 7.29. The molecule has 1 aromatic heterocycles. The lowest BCUT2D eigenvalue weighted by molar-refractivity contribution is -0.169. The Morgan fingerprint density at radius 1 is 1.71 bits per heavy atom. The number of rotatable bonds is 4. The third-order valence-corrected chi connectivity index (χ3v) is 1.60. The van der Waals surface area contributed by atoms with E-state index in [0.717, 1.165) is 6.26 Å². The van der Waals surface area contributed by atoms with Gasteiger partial charge in [-0.3, -0.25) is 0 Å². The standard InChI is InChI=1S/C8H8F2O4/c1-13-4-5-2-3-14-6(5)8(9,10)7(11)12/h2-3H,4H2,1H3,(H,11,12). The Hall–Kier alpha value is -1.43. The summed E-state index contributed by atoms with van der Waals surface area (Å²) >= 11 is 0. The zero-order valence-corrected chi connectivity index (χ0v) is 7.29. The SMILES string of the molecule is COCc1ccoc1C(F)(F)C(=O)O. The molecule has 0 atom stereocenters. The number of hydrogen-bond acceptors (Lipinski definition) is 3. The summed E-state index contributed by atoms with van der Waals surface area (Å²) in [6.45, 7) is -0.116. The van der Waals surface area contributed by atoms with Gasteiger partial charge in [0.2, 0.25) is 0 Å². The molecule has 0 radical (unpaired) electrons. The second-order valence-electron chi connectivity index (χ2n) is 2.59. The molecule has 0 amide bonds. The van der Waals surface area contributed by atoms with Gasteiger partial charge in [-0.25, -0.2) is 4.79 Å². The fourth-order valence-electron chi connectivity index (χ4n) is 0.978. The highest BCUT2D eigenvalue weighted by atomic mass is 19.3. The van der Waals surface area contributed by atoms with Crippen molar-refractivity contribution in [3.05, 3.63) is 23.7 Å². The molecule has 0 unspecified atom stereocenters. The second kappa shape index (κ2) is 3.75. The van der Waals surface area contributed by atoms with Gasteiger partial charge < -0.3 is 14.3 Å². The summed E-state index contributed by atoms with van der Waals surface area (Å²) in [6.07, 6.45) is 1.00. The molecule has 78 valence electrons. The monoisotopic (exact) mass is 206 g/mol. The van der Waals surface area contributed by atoms with E-state index in [1.165, 1.54) is 13.2 Å². The Bertz CT molecular complexity index is 332. The van der Waals surface area contributed by atoms with Crippen molar-refractivity contribution >= 4 is 5.97 Å². The summed E-state index contributed by atoms with van der Waals surface area (Å²) in [5, 5.41) is 8.25. The molecule has 0 bridgehead atoms. The Morgan fingerprint density at radius 3 is 2.86 bits per heavy atom. The fraction of sp³-hybridized carbons (Fsp3) is 0.375. The van der Waals surface area contributed by atoms with Gasteiger partial charge in [-0.05, 0) is 6.07 Å². The number of carboxylic acids is 1. The number of carbonyl (C=O) groups is 1. The van der Waals surface area contributed by atoms with Crippen LogP contribution in [-0.4, -0.2) is 18.2 Å².